The minimum Gasteiger partial charge on any atom is -0.490 e. The molecule has 6 heteroatoms. The summed E-state index contributed by atoms with van der Waals surface area (Å²) in [4.78, 5) is 17.7. The Morgan fingerprint density at radius 2 is 1.80 bits per heavy atom. The van der Waals surface area contributed by atoms with E-state index in [0.717, 1.165) is 36.1 Å². The molecule has 1 aliphatic carbocycles. The highest BCUT2D eigenvalue weighted by atomic mass is 16.5. The number of nitrogens with zero attached hydrogens (tertiary/aromatic N) is 2. The molecule has 6 nitrogen and oxygen atoms in total. The molecule has 1 amide bonds. The van der Waals surface area contributed by atoms with Gasteiger partial charge in [0.2, 0.25) is 0 Å². The lowest BCUT2D eigenvalue weighted by Gasteiger charge is -2.21. The fourth-order valence-corrected chi connectivity index (χ4v) is 4.58. The zero-order valence-corrected chi connectivity index (χ0v) is 19.5. The number of anilines is 1. The Kier molecular flexibility index (Phi) is 6.91. The summed E-state index contributed by atoms with van der Waals surface area (Å²) >= 11 is 0. The van der Waals surface area contributed by atoms with Crippen LogP contribution in [0.1, 0.15) is 41.4 Å². The van der Waals surface area contributed by atoms with Crippen LogP contribution in [0, 0.1) is 0 Å². The number of aromatic nitrogens is 2. The van der Waals surface area contributed by atoms with Crippen LogP contribution in [-0.2, 0) is 6.54 Å². The van der Waals surface area contributed by atoms with Crippen LogP contribution in [0.3, 0.4) is 0 Å². The van der Waals surface area contributed by atoms with Crippen LogP contribution in [-0.4, -0.2) is 33.3 Å². The Balaban J connectivity index is 1.30. The SMILES string of the molecule is O=C(Nc1ccccc1)c1ccccc1OC[C@H](O)Cn1c([C@H]2CC=CCC2)nc2ccccc21. The third-order valence-electron chi connectivity index (χ3n) is 6.31. The number of aliphatic hydroxyl groups excluding tert-OH is 1. The second-order valence-corrected chi connectivity index (χ2v) is 8.83. The van der Waals surface area contributed by atoms with Gasteiger partial charge in [-0.3, -0.25) is 4.79 Å². The highest BCUT2D eigenvalue weighted by Gasteiger charge is 2.22. The van der Waals surface area contributed by atoms with Crippen LogP contribution in [0.2, 0.25) is 0 Å². The number of ether oxygens (including phenoxy) is 1. The number of fused-ring (bicyclic) bond motifs is 1. The molecule has 5 rings (SSSR count). The number of para-hydroxylation sites is 4. The smallest absolute Gasteiger partial charge is 0.259 e. The zero-order chi connectivity index (χ0) is 24.0. The Morgan fingerprint density at radius 1 is 1.03 bits per heavy atom. The van der Waals surface area contributed by atoms with Crippen LogP contribution >= 0.6 is 0 Å². The molecule has 0 fully saturated rings. The average Bonchev–Trinajstić information content (AvgIpc) is 3.27. The third kappa shape index (κ3) is 5.28. The molecular weight excluding hydrogens is 438 g/mol. The number of amides is 1. The molecule has 4 aromatic rings. The van der Waals surface area contributed by atoms with Crippen molar-refractivity contribution in [3.63, 3.8) is 0 Å². The maximum absolute atomic E-state index is 12.8. The van der Waals surface area contributed by atoms with Crippen LogP contribution < -0.4 is 10.1 Å². The molecule has 2 N–H and O–H groups in total. The largest absolute Gasteiger partial charge is 0.490 e. The lowest BCUT2D eigenvalue weighted by Crippen LogP contribution is -2.26. The summed E-state index contributed by atoms with van der Waals surface area (Å²) in [5, 5.41) is 13.8. The van der Waals surface area contributed by atoms with Gasteiger partial charge in [0, 0.05) is 11.6 Å². The predicted octanol–water partition coefficient (Wildman–Crippen LogP) is 5.55. The average molecular weight is 468 g/mol. The Hall–Kier alpha value is -3.90. The summed E-state index contributed by atoms with van der Waals surface area (Å²) in [6.07, 6.45) is 6.72. The van der Waals surface area contributed by atoms with Crippen LogP contribution in [0.25, 0.3) is 11.0 Å². The molecule has 35 heavy (non-hydrogen) atoms. The molecule has 0 saturated heterocycles. The minimum atomic E-state index is -0.768. The maximum Gasteiger partial charge on any atom is 0.259 e. The van der Waals surface area contributed by atoms with E-state index in [1.54, 1.807) is 18.2 Å². The first-order chi connectivity index (χ1) is 17.2. The van der Waals surface area contributed by atoms with Crippen molar-refractivity contribution < 1.29 is 14.6 Å². The molecule has 178 valence electrons. The van der Waals surface area contributed by atoms with Gasteiger partial charge in [-0.25, -0.2) is 4.98 Å². The highest BCUT2D eigenvalue weighted by Crippen LogP contribution is 2.31. The first-order valence-electron chi connectivity index (χ1n) is 12.1. The quantitative estimate of drug-likeness (QED) is 0.333. The predicted molar refractivity (Wildman–Crippen MR) is 138 cm³/mol. The summed E-state index contributed by atoms with van der Waals surface area (Å²) in [6, 6.07) is 24.4. The first kappa shape index (κ1) is 22.9. The number of carbonyl (C=O) groups excluding carboxylic acids is 1. The summed E-state index contributed by atoms with van der Waals surface area (Å²) in [6.45, 7) is 0.431. The van der Waals surface area contributed by atoms with E-state index in [1.807, 2.05) is 60.7 Å². The van der Waals surface area contributed by atoms with E-state index in [2.05, 4.69) is 22.0 Å². The highest BCUT2D eigenvalue weighted by molar-refractivity contribution is 6.06. The number of nitrogens with one attached hydrogen (secondary N) is 1. The van der Waals surface area contributed by atoms with Gasteiger partial charge in [0.1, 0.15) is 24.3 Å². The van der Waals surface area contributed by atoms with Gasteiger partial charge in [0.15, 0.2) is 0 Å². The molecule has 1 heterocycles. The summed E-state index contributed by atoms with van der Waals surface area (Å²) in [7, 11) is 0. The van der Waals surface area contributed by atoms with Crippen LogP contribution in [0.5, 0.6) is 5.75 Å². The van der Waals surface area contributed by atoms with Crippen molar-refractivity contribution in [1.82, 2.24) is 9.55 Å². The Morgan fingerprint density at radius 3 is 2.63 bits per heavy atom. The second-order valence-electron chi connectivity index (χ2n) is 8.83. The monoisotopic (exact) mass is 467 g/mol. The van der Waals surface area contributed by atoms with E-state index in [4.69, 9.17) is 9.72 Å². The Bertz CT molecular complexity index is 1330. The van der Waals surface area contributed by atoms with E-state index < -0.39 is 6.10 Å². The first-order valence-corrected chi connectivity index (χ1v) is 12.1. The number of aliphatic hydroxyl groups is 1. The van der Waals surface area contributed by atoms with Crippen molar-refractivity contribution in [3.05, 3.63) is 102 Å². The van der Waals surface area contributed by atoms with Gasteiger partial charge >= 0.3 is 0 Å². The molecule has 0 radical (unpaired) electrons. The van der Waals surface area contributed by atoms with Crippen molar-refractivity contribution >= 4 is 22.6 Å². The van der Waals surface area contributed by atoms with Gasteiger partial charge in [0.05, 0.1) is 23.1 Å². The second kappa shape index (κ2) is 10.6. The van der Waals surface area contributed by atoms with Crippen LogP contribution in [0.15, 0.2) is 91.0 Å². The molecule has 0 aliphatic heterocycles. The number of carbonyl (C=O) groups is 1. The van der Waals surface area contributed by atoms with Gasteiger partial charge in [-0.1, -0.05) is 54.6 Å². The lowest BCUT2D eigenvalue weighted by atomic mass is 9.93. The minimum absolute atomic E-state index is 0.0617. The molecule has 0 spiro atoms. The number of hydrogen-bond donors (Lipinski definition) is 2. The molecule has 0 saturated carbocycles. The van der Waals surface area contributed by atoms with Crippen molar-refractivity contribution in [2.75, 3.05) is 11.9 Å². The number of benzene rings is 3. The Labute approximate surface area is 204 Å². The molecule has 1 aliphatic rings. The normalized spacial score (nSPS) is 16.2. The fourth-order valence-electron chi connectivity index (χ4n) is 4.58. The number of imidazole rings is 1. The number of allylic oxidation sites excluding steroid dienone is 2. The molecule has 0 unspecified atom stereocenters. The zero-order valence-electron chi connectivity index (χ0n) is 19.5. The van der Waals surface area contributed by atoms with Crippen molar-refractivity contribution in [2.45, 2.75) is 37.8 Å². The maximum atomic E-state index is 12.8. The summed E-state index contributed by atoms with van der Waals surface area (Å²) in [5.74, 6) is 1.53. The van der Waals surface area contributed by atoms with Crippen molar-refractivity contribution in [2.24, 2.45) is 0 Å². The standard InChI is InChI=1S/C29H29N3O3/c33-23(19-32-26-17-9-8-16-25(26)31-28(32)21-11-3-1-4-12-21)20-35-27-18-10-7-15-24(27)29(34)30-22-13-5-2-6-14-22/h1-3,5-10,13-18,21,23,33H,4,11-12,19-20H2,(H,30,34)/t21-,23+/m0/s1. The van der Waals surface area contributed by atoms with Gasteiger partial charge in [-0.2, -0.15) is 0 Å². The molecule has 1 aromatic heterocycles. The van der Waals surface area contributed by atoms with E-state index in [9.17, 15) is 9.90 Å². The molecular formula is C29H29N3O3. The third-order valence-corrected chi connectivity index (χ3v) is 6.31. The van der Waals surface area contributed by atoms with Gasteiger partial charge < -0.3 is 19.7 Å². The number of hydrogen-bond acceptors (Lipinski definition) is 4. The summed E-state index contributed by atoms with van der Waals surface area (Å²) < 4.78 is 8.07. The van der Waals surface area contributed by atoms with Crippen LogP contribution in [0.4, 0.5) is 5.69 Å². The molecule has 2 atom stereocenters. The van der Waals surface area contributed by atoms with E-state index >= 15 is 0 Å². The van der Waals surface area contributed by atoms with E-state index in [0.29, 0.717) is 29.5 Å². The van der Waals surface area contributed by atoms with Gasteiger partial charge in [-0.15, -0.1) is 0 Å². The molecule has 0 bridgehead atoms. The summed E-state index contributed by atoms with van der Waals surface area (Å²) in [5.41, 5.74) is 3.09. The van der Waals surface area contributed by atoms with E-state index in [1.165, 1.54) is 0 Å². The lowest BCUT2D eigenvalue weighted by molar-refractivity contribution is 0.0898. The fraction of sp³-hybridized carbons (Fsp3) is 0.241. The van der Waals surface area contributed by atoms with Crippen molar-refractivity contribution in [3.8, 4) is 5.75 Å². The number of rotatable bonds is 8. The molecule has 3 aromatic carbocycles. The van der Waals surface area contributed by atoms with E-state index in [-0.39, 0.29) is 12.5 Å². The van der Waals surface area contributed by atoms with Gasteiger partial charge in [-0.05, 0) is 55.7 Å². The van der Waals surface area contributed by atoms with Crippen molar-refractivity contribution in [1.29, 1.82) is 0 Å². The van der Waals surface area contributed by atoms with Gasteiger partial charge in [0.25, 0.3) is 5.91 Å². The topological polar surface area (TPSA) is 76.4 Å².